The summed E-state index contributed by atoms with van der Waals surface area (Å²) in [4.78, 5) is 11.1. The molecule has 0 fully saturated rings. The second-order valence-corrected chi connectivity index (χ2v) is 4.02. The zero-order chi connectivity index (χ0) is 11.0. The standard InChI is InChI=1S/C11H10BrNO2/c1-2-13-8-6-4-3-5-7(8)9(12)10(13)11(14)15/h3-6H,2H2,1H3,(H,14,15). The molecule has 0 radical (unpaired) electrons. The molecule has 0 spiro atoms. The van der Waals surface area contributed by atoms with E-state index in [-0.39, 0.29) is 0 Å². The van der Waals surface area contributed by atoms with Gasteiger partial charge in [-0.05, 0) is 28.9 Å². The van der Waals surface area contributed by atoms with Gasteiger partial charge >= 0.3 is 5.97 Å². The number of carboxylic acids is 1. The Kier molecular flexibility index (Phi) is 2.52. The third-order valence-electron chi connectivity index (χ3n) is 2.43. The highest BCUT2D eigenvalue weighted by atomic mass is 79.9. The molecule has 1 aromatic heterocycles. The van der Waals surface area contributed by atoms with Crippen molar-refractivity contribution in [1.82, 2.24) is 4.57 Å². The first-order chi connectivity index (χ1) is 7.16. The number of benzene rings is 1. The Bertz CT molecular complexity index is 531. The fourth-order valence-electron chi connectivity index (χ4n) is 1.80. The largest absolute Gasteiger partial charge is 0.477 e. The molecule has 0 atom stereocenters. The van der Waals surface area contributed by atoms with Gasteiger partial charge < -0.3 is 9.67 Å². The molecule has 0 saturated heterocycles. The van der Waals surface area contributed by atoms with Crippen molar-refractivity contribution in [1.29, 1.82) is 0 Å². The minimum atomic E-state index is -0.903. The summed E-state index contributed by atoms with van der Waals surface area (Å²) in [6.07, 6.45) is 0. The number of fused-ring (bicyclic) bond motifs is 1. The van der Waals surface area contributed by atoms with Crippen molar-refractivity contribution in [2.24, 2.45) is 0 Å². The van der Waals surface area contributed by atoms with Crippen LogP contribution in [0.4, 0.5) is 0 Å². The molecule has 3 nitrogen and oxygen atoms in total. The maximum absolute atomic E-state index is 11.1. The summed E-state index contributed by atoms with van der Waals surface area (Å²) in [6, 6.07) is 7.65. The van der Waals surface area contributed by atoms with Crippen molar-refractivity contribution in [3.63, 3.8) is 0 Å². The van der Waals surface area contributed by atoms with E-state index in [1.54, 1.807) is 4.57 Å². The maximum atomic E-state index is 11.1. The molecule has 2 aromatic rings. The topological polar surface area (TPSA) is 42.2 Å². The molecule has 0 aliphatic rings. The van der Waals surface area contributed by atoms with Crippen molar-refractivity contribution in [3.8, 4) is 0 Å². The number of halogens is 1. The normalized spacial score (nSPS) is 10.8. The summed E-state index contributed by atoms with van der Waals surface area (Å²) in [5, 5.41) is 10.1. The quantitative estimate of drug-likeness (QED) is 0.909. The molecule has 0 aliphatic heterocycles. The number of aryl methyl sites for hydroxylation is 1. The van der Waals surface area contributed by atoms with E-state index in [1.165, 1.54) is 0 Å². The molecular formula is C11H10BrNO2. The first-order valence-electron chi connectivity index (χ1n) is 4.66. The van der Waals surface area contributed by atoms with E-state index in [2.05, 4.69) is 15.9 Å². The zero-order valence-electron chi connectivity index (χ0n) is 8.20. The number of hydrogen-bond acceptors (Lipinski definition) is 1. The molecule has 0 aliphatic carbocycles. The molecule has 1 aromatic carbocycles. The van der Waals surface area contributed by atoms with Gasteiger partial charge in [-0.15, -0.1) is 0 Å². The lowest BCUT2D eigenvalue weighted by molar-refractivity contribution is 0.0685. The van der Waals surface area contributed by atoms with E-state index in [0.717, 1.165) is 10.9 Å². The number of aromatic carboxylic acids is 1. The monoisotopic (exact) mass is 267 g/mol. The van der Waals surface area contributed by atoms with E-state index in [4.69, 9.17) is 5.11 Å². The van der Waals surface area contributed by atoms with Gasteiger partial charge in [-0.1, -0.05) is 18.2 Å². The average Bonchev–Trinajstić information content (AvgIpc) is 2.52. The summed E-state index contributed by atoms with van der Waals surface area (Å²) in [6.45, 7) is 2.58. The van der Waals surface area contributed by atoms with Crippen LogP contribution in [0.2, 0.25) is 0 Å². The third kappa shape index (κ3) is 1.45. The lowest BCUT2D eigenvalue weighted by Crippen LogP contribution is -2.07. The van der Waals surface area contributed by atoms with Gasteiger partial charge in [0, 0.05) is 17.4 Å². The van der Waals surface area contributed by atoms with Crippen LogP contribution >= 0.6 is 15.9 Å². The summed E-state index contributed by atoms with van der Waals surface area (Å²) < 4.78 is 2.45. The number of rotatable bonds is 2. The number of carbonyl (C=O) groups is 1. The molecular weight excluding hydrogens is 258 g/mol. The second-order valence-electron chi connectivity index (χ2n) is 3.23. The van der Waals surface area contributed by atoms with Crippen molar-refractivity contribution < 1.29 is 9.90 Å². The maximum Gasteiger partial charge on any atom is 0.353 e. The molecule has 0 bridgehead atoms. The Morgan fingerprint density at radius 3 is 2.73 bits per heavy atom. The minimum Gasteiger partial charge on any atom is -0.477 e. The van der Waals surface area contributed by atoms with Crippen LogP contribution in [-0.2, 0) is 6.54 Å². The number of carboxylic acid groups (broad SMARTS) is 1. The first-order valence-corrected chi connectivity index (χ1v) is 5.46. The van der Waals surface area contributed by atoms with E-state index in [9.17, 15) is 4.79 Å². The van der Waals surface area contributed by atoms with Crippen molar-refractivity contribution in [2.75, 3.05) is 0 Å². The Hall–Kier alpha value is -1.29. The van der Waals surface area contributed by atoms with Gasteiger partial charge in [-0.2, -0.15) is 0 Å². The summed E-state index contributed by atoms with van der Waals surface area (Å²) >= 11 is 3.34. The Balaban J connectivity index is 2.90. The van der Waals surface area contributed by atoms with Gasteiger partial charge in [0.1, 0.15) is 5.69 Å². The lowest BCUT2D eigenvalue weighted by Gasteiger charge is -2.03. The van der Waals surface area contributed by atoms with Gasteiger partial charge in [0.15, 0.2) is 0 Å². The molecule has 15 heavy (non-hydrogen) atoms. The predicted octanol–water partition coefficient (Wildman–Crippen LogP) is 3.12. The molecule has 0 unspecified atom stereocenters. The van der Waals surface area contributed by atoms with E-state index >= 15 is 0 Å². The molecule has 0 amide bonds. The molecule has 0 saturated carbocycles. The van der Waals surface area contributed by atoms with E-state index in [1.807, 2.05) is 31.2 Å². The highest BCUT2D eigenvalue weighted by Crippen LogP contribution is 2.30. The lowest BCUT2D eigenvalue weighted by atomic mass is 10.2. The van der Waals surface area contributed by atoms with Crippen LogP contribution in [0.25, 0.3) is 10.9 Å². The number of hydrogen-bond donors (Lipinski definition) is 1. The third-order valence-corrected chi connectivity index (χ3v) is 3.23. The van der Waals surface area contributed by atoms with Gasteiger partial charge in [0.25, 0.3) is 0 Å². The Morgan fingerprint density at radius 2 is 2.13 bits per heavy atom. The first kappa shape index (κ1) is 10.2. The van der Waals surface area contributed by atoms with Crippen LogP contribution < -0.4 is 0 Å². The SMILES string of the molecule is CCn1c(C(=O)O)c(Br)c2ccccc21. The smallest absolute Gasteiger partial charge is 0.353 e. The van der Waals surface area contributed by atoms with Gasteiger partial charge in [0.05, 0.1) is 4.47 Å². The summed E-state index contributed by atoms with van der Waals surface area (Å²) in [7, 11) is 0. The number of para-hydroxylation sites is 1. The molecule has 78 valence electrons. The highest BCUT2D eigenvalue weighted by Gasteiger charge is 2.19. The Labute approximate surface area is 95.5 Å². The molecule has 1 heterocycles. The summed E-state index contributed by atoms with van der Waals surface area (Å²) in [5.74, 6) is -0.903. The van der Waals surface area contributed by atoms with Crippen LogP contribution in [0.3, 0.4) is 0 Å². The van der Waals surface area contributed by atoms with E-state index in [0.29, 0.717) is 16.7 Å². The van der Waals surface area contributed by atoms with Crippen molar-refractivity contribution in [2.45, 2.75) is 13.5 Å². The van der Waals surface area contributed by atoms with Crippen LogP contribution in [0.15, 0.2) is 28.7 Å². The van der Waals surface area contributed by atoms with Gasteiger partial charge in [-0.25, -0.2) is 4.79 Å². The van der Waals surface area contributed by atoms with Crippen LogP contribution in [0.5, 0.6) is 0 Å². The average molecular weight is 268 g/mol. The van der Waals surface area contributed by atoms with Crippen LogP contribution in [0, 0.1) is 0 Å². The predicted molar refractivity (Wildman–Crippen MR) is 62.3 cm³/mol. The molecule has 1 N–H and O–H groups in total. The fourth-order valence-corrected chi connectivity index (χ4v) is 2.52. The van der Waals surface area contributed by atoms with Gasteiger partial charge in [0.2, 0.25) is 0 Å². The molecule has 2 rings (SSSR count). The van der Waals surface area contributed by atoms with Crippen molar-refractivity contribution >= 4 is 32.8 Å². The van der Waals surface area contributed by atoms with Crippen LogP contribution in [0.1, 0.15) is 17.4 Å². The fraction of sp³-hybridized carbons (Fsp3) is 0.182. The second kappa shape index (κ2) is 3.70. The van der Waals surface area contributed by atoms with E-state index < -0.39 is 5.97 Å². The molecule has 4 heteroatoms. The highest BCUT2D eigenvalue weighted by molar-refractivity contribution is 9.10. The number of aromatic nitrogens is 1. The summed E-state index contributed by atoms with van der Waals surface area (Å²) in [5.41, 5.74) is 1.27. The van der Waals surface area contributed by atoms with Crippen molar-refractivity contribution in [3.05, 3.63) is 34.4 Å². The Morgan fingerprint density at radius 1 is 1.47 bits per heavy atom. The minimum absolute atomic E-state index is 0.318. The number of nitrogens with zero attached hydrogens (tertiary/aromatic N) is 1. The van der Waals surface area contributed by atoms with Gasteiger partial charge in [-0.3, -0.25) is 0 Å². The zero-order valence-corrected chi connectivity index (χ0v) is 9.78. The van der Waals surface area contributed by atoms with Crippen LogP contribution in [-0.4, -0.2) is 15.6 Å².